The van der Waals surface area contributed by atoms with Crippen molar-refractivity contribution in [2.75, 3.05) is 31.5 Å². The van der Waals surface area contributed by atoms with Gasteiger partial charge in [0.25, 0.3) is 0 Å². The Morgan fingerprint density at radius 1 is 1.08 bits per heavy atom. The van der Waals surface area contributed by atoms with E-state index in [-0.39, 0.29) is 17.7 Å². The van der Waals surface area contributed by atoms with Crippen LogP contribution in [0.1, 0.15) is 57.9 Å². The highest BCUT2D eigenvalue weighted by Crippen LogP contribution is 2.34. The largest absolute Gasteiger partial charge is 0.507 e. The maximum atomic E-state index is 11.2. The third kappa shape index (κ3) is 5.16. The molecule has 9 heteroatoms. The van der Waals surface area contributed by atoms with Crippen LogP contribution in [0, 0.1) is 11.8 Å². The lowest BCUT2D eigenvalue weighted by Gasteiger charge is -2.34. The molecule has 1 aliphatic heterocycles. The number of aliphatic carboxylic acids is 1. The Hall–Kier alpha value is -3.20. The number of carboxylic acids is 1. The van der Waals surface area contributed by atoms with Gasteiger partial charge in [-0.1, -0.05) is 12.1 Å². The zero-order valence-electron chi connectivity index (χ0n) is 20.9. The summed E-state index contributed by atoms with van der Waals surface area (Å²) in [4.78, 5) is 13.7. The number of likely N-dealkylation sites (tertiary alicyclic amines) is 1. The van der Waals surface area contributed by atoms with Crippen molar-refractivity contribution in [3.63, 3.8) is 0 Å². The molecule has 1 saturated carbocycles. The van der Waals surface area contributed by atoms with Gasteiger partial charge < -0.3 is 20.4 Å². The van der Waals surface area contributed by atoms with Crippen molar-refractivity contribution in [1.29, 1.82) is 0 Å². The summed E-state index contributed by atoms with van der Waals surface area (Å²) < 4.78 is 2.11. The van der Waals surface area contributed by atoms with Gasteiger partial charge in [0.05, 0.1) is 23.2 Å². The van der Waals surface area contributed by atoms with Gasteiger partial charge in [-0.25, -0.2) is 0 Å². The smallest absolute Gasteiger partial charge is 0.306 e. The van der Waals surface area contributed by atoms with Crippen LogP contribution >= 0.6 is 0 Å². The molecule has 1 aromatic carbocycles. The average Bonchev–Trinajstić information content (AvgIpc) is 3.26. The molecule has 0 spiro atoms. The third-order valence-electron chi connectivity index (χ3n) is 7.93. The van der Waals surface area contributed by atoms with Crippen LogP contribution in [0.2, 0.25) is 0 Å². The van der Waals surface area contributed by atoms with Crippen LogP contribution in [0.5, 0.6) is 5.75 Å². The topological polar surface area (TPSA) is 116 Å². The molecule has 2 aliphatic rings. The van der Waals surface area contributed by atoms with Crippen molar-refractivity contribution in [3.05, 3.63) is 30.3 Å². The molecule has 2 aromatic heterocycles. The van der Waals surface area contributed by atoms with Crippen LogP contribution in [-0.2, 0) is 4.79 Å². The molecular formula is C27H36N6O3. The number of rotatable bonds is 8. The minimum atomic E-state index is -0.627. The molecular weight excluding hydrogens is 456 g/mol. The van der Waals surface area contributed by atoms with Crippen LogP contribution in [0.3, 0.4) is 0 Å². The summed E-state index contributed by atoms with van der Waals surface area (Å²) in [6.45, 7) is 5.93. The van der Waals surface area contributed by atoms with Gasteiger partial charge in [-0.3, -0.25) is 9.48 Å². The number of para-hydroxylation sites is 1. The Kier molecular flexibility index (Phi) is 7.36. The summed E-state index contributed by atoms with van der Waals surface area (Å²) in [6.07, 6.45) is 6.93. The fourth-order valence-electron chi connectivity index (χ4n) is 5.77. The normalized spacial score (nSPS) is 21.6. The quantitative estimate of drug-likeness (QED) is 0.419. The van der Waals surface area contributed by atoms with E-state index in [4.69, 9.17) is 5.10 Å². The monoisotopic (exact) mass is 492 g/mol. The number of carboxylic acid groups (broad SMARTS) is 1. The molecule has 0 amide bonds. The molecule has 1 saturated heterocycles. The summed E-state index contributed by atoms with van der Waals surface area (Å²) >= 11 is 0. The van der Waals surface area contributed by atoms with Gasteiger partial charge in [0, 0.05) is 25.2 Å². The predicted octanol–water partition coefficient (Wildman–Crippen LogP) is 4.55. The minimum absolute atomic E-state index is 0.135. The van der Waals surface area contributed by atoms with Crippen molar-refractivity contribution in [2.24, 2.45) is 11.8 Å². The summed E-state index contributed by atoms with van der Waals surface area (Å²) in [7, 11) is 0. The van der Waals surface area contributed by atoms with E-state index in [0.29, 0.717) is 17.2 Å². The lowest BCUT2D eigenvalue weighted by atomic mass is 9.80. The minimum Gasteiger partial charge on any atom is -0.507 e. The zero-order valence-corrected chi connectivity index (χ0v) is 20.9. The van der Waals surface area contributed by atoms with E-state index in [0.717, 1.165) is 88.0 Å². The Labute approximate surface area is 211 Å². The zero-order chi connectivity index (χ0) is 25.1. The molecule has 36 heavy (non-hydrogen) atoms. The number of hydrogen-bond acceptors (Lipinski definition) is 7. The molecule has 9 nitrogen and oxygen atoms in total. The lowest BCUT2D eigenvalue weighted by Crippen LogP contribution is -2.36. The number of carbonyl (C=O) groups is 1. The fourth-order valence-corrected chi connectivity index (χ4v) is 5.77. The van der Waals surface area contributed by atoms with Gasteiger partial charge in [-0.15, -0.1) is 10.2 Å². The summed E-state index contributed by atoms with van der Waals surface area (Å²) in [5, 5.41) is 36.6. The second-order valence-corrected chi connectivity index (χ2v) is 10.2. The van der Waals surface area contributed by atoms with E-state index in [2.05, 4.69) is 25.1 Å². The summed E-state index contributed by atoms with van der Waals surface area (Å²) in [6, 6.07) is 9.47. The summed E-state index contributed by atoms with van der Waals surface area (Å²) in [5.41, 5.74) is 3.00. The Morgan fingerprint density at radius 3 is 2.53 bits per heavy atom. The first-order valence-electron chi connectivity index (χ1n) is 13.3. The number of piperidine rings is 1. The van der Waals surface area contributed by atoms with E-state index in [1.54, 1.807) is 12.1 Å². The highest BCUT2D eigenvalue weighted by molar-refractivity contribution is 5.88. The molecule has 0 unspecified atom stereocenters. The van der Waals surface area contributed by atoms with E-state index >= 15 is 0 Å². The molecule has 3 heterocycles. The number of nitrogens with one attached hydrogen (secondary N) is 1. The van der Waals surface area contributed by atoms with Gasteiger partial charge in [0.2, 0.25) is 0 Å². The Bertz CT molecular complexity index is 1200. The molecule has 3 aromatic rings. The number of phenols is 1. The van der Waals surface area contributed by atoms with Gasteiger partial charge in [-0.05, 0) is 82.5 Å². The molecule has 3 N–H and O–H groups in total. The predicted molar refractivity (Wildman–Crippen MR) is 139 cm³/mol. The molecule has 0 atom stereocenters. The van der Waals surface area contributed by atoms with Crippen LogP contribution in [-0.4, -0.2) is 67.2 Å². The van der Waals surface area contributed by atoms with E-state index < -0.39 is 5.97 Å². The average molecular weight is 493 g/mol. The number of anilines is 1. The van der Waals surface area contributed by atoms with Crippen LogP contribution in [0.15, 0.2) is 30.3 Å². The van der Waals surface area contributed by atoms with Crippen molar-refractivity contribution >= 4 is 22.8 Å². The standard InChI is InChI=1S/C27H36N6O3/c1-2-28-26-25-23(17-22(29-30-25)21-5-3-4-6-24(21)34)33(31-26)20-12-15-32(16-13-20)14-11-18-7-9-19(10-8-18)27(35)36/h3-6,17-20,34H,2,7-16H2,1H3,(H,28,31)(H,35,36). The van der Waals surface area contributed by atoms with Crippen LogP contribution in [0.25, 0.3) is 22.3 Å². The first-order valence-corrected chi connectivity index (χ1v) is 13.3. The molecule has 5 rings (SSSR count). The first-order chi connectivity index (χ1) is 17.5. The highest BCUT2D eigenvalue weighted by Gasteiger charge is 2.28. The number of fused-ring (bicyclic) bond motifs is 1. The molecule has 0 bridgehead atoms. The van der Waals surface area contributed by atoms with Gasteiger partial charge in [0.15, 0.2) is 11.3 Å². The molecule has 1 aliphatic carbocycles. The summed E-state index contributed by atoms with van der Waals surface area (Å²) in [5.74, 6) is 0.834. The molecule has 192 valence electrons. The SMILES string of the molecule is CCNc1nn(C2CCN(CCC3CCC(C(=O)O)CC3)CC2)c2cc(-c3ccccc3O)nnc12. The first kappa shape index (κ1) is 24.5. The molecule has 2 fully saturated rings. The third-order valence-corrected chi connectivity index (χ3v) is 7.93. The van der Waals surface area contributed by atoms with Crippen molar-refractivity contribution in [3.8, 4) is 17.0 Å². The fraction of sp³-hybridized carbons (Fsp3) is 0.556. The van der Waals surface area contributed by atoms with E-state index in [9.17, 15) is 15.0 Å². The Balaban J connectivity index is 1.26. The van der Waals surface area contributed by atoms with Gasteiger partial charge in [0.1, 0.15) is 5.75 Å². The highest BCUT2D eigenvalue weighted by atomic mass is 16.4. The van der Waals surface area contributed by atoms with E-state index in [1.165, 1.54) is 0 Å². The maximum absolute atomic E-state index is 11.2. The second kappa shape index (κ2) is 10.8. The van der Waals surface area contributed by atoms with Crippen molar-refractivity contribution in [2.45, 2.75) is 57.9 Å². The molecule has 0 radical (unpaired) electrons. The van der Waals surface area contributed by atoms with Crippen molar-refractivity contribution < 1.29 is 15.0 Å². The van der Waals surface area contributed by atoms with Gasteiger partial charge >= 0.3 is 5.97 Å². The van der Waals surface area contributed by atoms with Crippen LogP contribution in [0.4, 0.5) is 5.82 Å². The number of hydrogen-bond donors (Lipinski definition) is 3. The Morgan fingerprint density at radius 2 is 1.83 bits per heavy atom. The van der Waals surface area contributed by atoms with E-state index in [1.807, 2.05) is 25.1 Å². The number of aromatic nitrogens is 4. The number of benzene rings is 1. The van der Waals surface area contributed by atoms with Gasteiger partial charge in [-0.2, -0.15) is 5.10 Å². The number of aromatic hydroxyl groups is 1. The van der Waals surface area contributed by atoms with Crippen molar-refractivity contribution in [1.82, 2.24) is 24.9 Å². The maximum Gasteiger partial charge on any atom is 0.306 e. The lowest BCUT2D eigenvalue weighted by molar-refractivity contribution is -0.143. The second-order valence-electron chi connectivity index (χ2n) is 10.2. The van der Waals surface area contributed by atoms with Crippen LogP contribution < -0.4 is 5.32 Å². The number of nitrogens with zero attached hydrogens (tertiary/aromatic N) is 5. The number of phenolic OH excluding ortho intramolecular Hbond substituents is 1.